The van der Waals surface area contributed by atoms with Crippen LogP contribution in [0.1, 0.15) is 31.2 Å². The molecule has 1 aromatic carbocycles. The largest absolute Gasteiger partial charge is 0.389 e. The number of hydrogen-bond acceptors (Lipinski definition) is 3. The predicted molar refractivity (Wildman–Crippen MR) is 86.0 cm³/mol. The molecule has 0 aliphatic heterocycles. The van der Waals surface area contributed by atoms with Gasteiger partial charge in [0.05, 0.1) is 6.54 Å². The van der Waals surface area contributed by atoms with Gasteiger partial charge in [0.1, 0.15) is 4.99 Å². The number of likely N-dealkylation sites (N-methyl/N-ethyl adjacent to an activating group) is 1. The number of benzene rings is 1. The van der Waals surface area contributed by atoms with Crippen molar-refractivity contribution < 1.29 is 4.79 Å². The Hall–Kier alpha value is -1.62. The molecule has 2 rings (SSSR count). The molecule has 0 atom stereocenters. The highest BCUT2D eigenvalue weighted by molar-refractivity contribution is 7.80. The zero-order valence-electron chi connectivity index (χ0n) is 11.8. The van der Waals surface area contributed by atoms with E-state index < -0.39 is 0 Å². The van der Waals surface area contributed by atoms with Crippen LogP contribution >= 0.6 is 12.2 Å². The highest BCUT2D eigenvalue weighted by Crippen LogP contribution is 2.18. The van der Waals surface area contributed by atoms with Crippen LogP contribution in [0.4, 0.5) is 5.69 Å². The number of carbonyl (C=O) groups excluding carboxylic acids is 1. The molecule has 0 aromatic heterocycles. The van der Waals surface area contributed by atoms with Gasteiger partial charge in [-0.25, -0.2) is 0 Å². The minimum absolute atomic E-state index is 0.0696. The van der Waals surface area contributed by atoms with Crippen LogP contribution in [0.5, 0.6) is 0 Å². The lowest BCUT2D eigenvalue weighted by atomic mass is 10.2. The second-order valence-electron chi connectivity index (χ2n) is 5.32. The Balaban J connectivity index is 1.93. The van der Waals surface area contributed by atoms with Gasteiger partial charge in [-0.3, -0.25) is 4.79 Å². The molecule has 0 unspecified atom stereocenters. The van der Waals surface area contributed by atoms with Gasteiger partial charge in [-0.15, -0.1) is 0 Å². The van der Waals surface area contributed by atoms with Gasteiger partial charge in [0, 0.05) is 24.3 Å². The van der Waals surface area contributed by atoms with Crippen molar-refractivity contribution in [3.05, 3.63) is 29.8 Å². The first-order valence-electron chi connectivity index (χ1n) is 6.96. The molecule has 0 radical (unpaired) electrons. The number of nitrogens with one attached hydrogen (secondary N) is 1. The molecule has 0 spiro atoms. The van der Waals surface area contributed by atoms with Crippen molar-refractivity contribution in [3.63, 3.8) is 0 Å². The van der Waals surface area contributed by atoms with Crippen molar-refractivity contribution in [2.24, 2.45) is 5.73 Å². The van der Waals surface area contributed by atoms with Gasteiger partial charge in [0.15, 0.2) is 0 Å². The minimum Gasteiger partial charge on any atom is -0.389 e. The van der Waals surface area contributed by atoms with Crippen LogP contribution in [-0.2, 0) is 4.79 Å². The van der Waals surface area contributed by atoms with Crippen LogP contribution < -0.4 is 16.0 Å². The van der Waals surface area contributed by atoms with E-state index >= 15 is 0 Å². The zero-order valence-corrected chi connectivity index (χ0v) is 12.6. The van der Waals surface area contributed by atoms with Gasteiger partial charge in [-0.05, 0) is 25.0 Å². The molecule has 0 saturated heterocycles. The third kappa shape index (κ3) is 3.93. The molecule has 1 aromatic rings. The maximum Gasteiger partial charge on any atom is 0.239 e. The fourth-order valence-corrected chi connectivity index (χ4v) is 2.67. The first kappa shape index (κ1) is 14.8. The Morgan fingerprint density at radius 2 is 2.15 bits per heavy atom. The standard InChI is InChI=1S/C15H21N3OS/c1-18(10-14(19)17-12-6-2-3-7-12)13-8-4-5-11(9-13)15(16)20/h4-5,8-9,12H,2-3,6-7,10H2,1H3,(H2,16,20)(H,17,19). The number of nitrogens with two attached hydrogens (primary N) is 1. The lowest BCUT2D eigenvalue weighted by Gasteiger charge is -2.21. The molecule has 108 valence electrons. The summed E-state index contributed by atoms with van der Waals surface area (Å²) in [6, 6.07) is 7.99. The Bertz CT molecular complexity index is 498. The molecule has 1 fully saturated rings. The lowest BCUT2D eigenvalue weighted by Crippen LogP contribution is -2.40. The van der Waals surface area contributed by atoms with E-state index in [0.29, 0.717) is 17.6 Å². The number of carbonyl (C=O) groups is 1. The normalized spacial score (nSPS) is 15.1. The lowest BCUT2D eigenvalue weighted by molar-refractivity contribution is -0.120. The van der Waals surface area contributed by atoms with E-state index in [1.54, 1.807) is 0 Å². The van der Waals surface area contributed by atoms with Gasteiger partial charge in [0.2, 0.25) is 5.91 Å². The molecule has 3 N–H and O–H groups in total. The summed E-state index contributed by atoms with van der Waals surface area (Å²) in [6.07, 6.45) is 4.65. The van der Waals surface area contributed by atoms with Crippen molar-refractivity contribution in [1.82, 2.24) is 5.32 Å². The SMILES string of the molecule is CN(CC(=O)NC1CCCC1)c1cccc(C(N)=S)c1. The topological polar surface area (TPSA) is 58.4 Å². The van der Waals surface area contributed by atoms with Crippen molar-refractivity contribution >= 4 is 28.8 Å². The molecule has 5 heteroatoms. The molecule has 1 aliphatic rings. The molecule has 0 heterocycles. The summed E-state index contributed by atoms with van der Waals surface area (Å²) in [5.41, 5.74) is 7.39. The van der Waals surface area contributed by atoms with Gasteiger partial charge < -0.3 is 16.0 Å². The number of rotatable bonds is 5. The van der Waals surface area contributed by atoms with Gasteiger partial charge >= 0.3 is 0 Å². The number of nitrogens with zero attached hydrogens (tertiary/aromatic N) is 1. The summed E-state index contributed by atoms with van der Waals surface area (Å²) >= 11 is 4.97. The highest BCUT2D eigenvalue weighted by Gasteiger charge is 2.17. The zero-order chi connectivity index (χ0) is 14.5. The number of amides is 1. The number of anilines is 1. The maximum atomic E-state index is 12.0. The van der Waals surface area contributed by atoms with E-state index in [0.717, 1.165) is 24.1 Å². The van der Waals surface area contributed by atoms with E-state index in [9.17, 15) is 4.79 Å². The molecule has 1 amide bonds. The third-order valence-corrected chi connectivity index (χ3v) is 3.91. The minimum atomic E-state index is 0.0696. The Morgan fingerprint density at radius 3 is 2.80 bits per heavy atom. The Morgan fingerprint density at radius 1 is 1.45 bits per heavy atom. The summed E-state index contributed by atoms with van der Waals surface area (Å²) in [4.78, 5) is 14.3. The molecule has 1 saturated carbocycles. The van der Waals surface area contributed by atoms with Crippen LogP contribution in [0.2, 0.25) is 0 Å². The van der Waals surface area contributed by atoms with Gasteiger partial charge in [-0.1, -0.05) is 37.2 Å². The van der Waals surface area contributed by atoms with Gasteiger partial charge in [-0.2, -0.15) is 0 Å². The molecule has 20 heavy (non-hydrogen) atoms. The quantitative estimate of drug-likeness (QED) is 0.813. The Kier molecular flexibility index (Phi) is 4.95. The monoisotopic (exact) mass is 291 g/mol. The third-order valence-electron chi connectivity index (χ3n) is 3.67. The van der Waals surface area contributed by atoms with E-state index in [1.807, 2.05) is 36.2 Å². The van der Waals surface area contributed by atoms with Crippen LogP contribution in [0.25, 0.3) is 0 Å². The molecular formula is C15H21N3OS. The van der Waals surface area contributed by atoms with E-state index in [4.69, 9.17) is 18.0 Å². The van der Waals surface area contributed by atoms with Crippen LogP contribution in [0, 0.1) is 0 Å². The van der Waals surface area contributed by atoms with Crippen molar-refractivity contribution in [2.45, 2.75) is 31.7 Å². The second kappa shape index (κ2) is 6.70. The molecule has 1 aliphatic carbocycles. The highest BCUT2D eigenvalue weighted by atomic mass is 32.1. The number of hydrogen-bond donors (Lipinski definition) is 2. The smallest absolute Gasteiger partial charge is 0.239 e. The van der Waals surface area contributed by atoms with Crippen LogP contribution in [0.15, 0.2) is 24.3 Å². The summed E-state index contributed by atoms with van der Waals surface area (Å²) < 4.78 is 0. The Labute approximate surface area is 125 Å². The molecule has 0 bridgehead atoms. The first-order valence-corrected chi connectivity index (χ1v) is 7.37. The fraction of sp³-hybridized carbons (Fsp3) is 0.467. The molecule has 4 nitrogen and oxygen atoms in total. The van der Waals surface area contributed by atoms with Crippen LogP contribution in [-0.4, -0.2) is 30.5 Å². The molecular weight excluding hydrogens is 270 g/mol. The average molecular weight is 291 g/mol. The van der Waals surface area contributed by atoms with Crippen molar-refractivity contribution in [2.75, 3.05) is 18.5 Å². The van der Waals surface area contributed by atoms with E-state index in [1.165, 1.54) is 12.8 Å². The van der Waals surface area contributed by atoms with Crippen molar-refractivity contribution in [1.29, 1.82) is 0 Å². The first-order chi connectivity index (χ1) is 9.56. The van der Waals surface area contributed by atoms with Crippen molar-refractivity contribution in [3.8, 4) is 0 Å². The predicted octanol–water partition coefficient (Wildman–Crippen LogP) is 1.82. The fourth-order valence-electron chi connectivity index (χ4n) is 2.55. The summed E-state index contributed by atoms with van der Waals surface area (Å²) in [7, 11) is 1.90. The second-order valence-corrected chi connectivity index (χ2v) is 5.76. The van der Waals surface area contributed by atoms with Crippen LogP contribution in [0.3, 0.4) is 0 Å². The van der Waals surface area contributed by atoms with Gasteiger partial charge in [0.25, 0.3) is 0 Å². The van der Waals surface area contributed by atoms with E-state index in [2.05, 4.69) is 5.32 Å². The number of thiocarbonyl (C=S) groups is 1. The summed E-state index contributed by atoms with van der Waals surface area (Å²) in [5, 5.41) is 3.09. The average Bonchev–Trinajstić information content (AvgIpc) is 2.91. The van der Waals surface area contributed by atoms with E-state index in [-0.39, 0.29) is 5.91 Å². The maximum absolute atomic E-state index is 12.0. The summed E-state index contributed by atoms with van der Waals surface area (Å²) in [6.45, 7) is 0.345. The summed E-state index contributed by atoms with van der Waals surface area (Å²) in [5.74, 6) is 0.0696.